The number of hydrogen-bond donors (Lipinski definition) is 0. The zero-order valence-corrected chi connectivity index (χ0v) is 6.63. The maximum absolute atomic E-state index is 11.3. The minimum absolute atomic E-state index is 0.129. The van der Waals surface area contributed by atoms with Crippen LogP contribution in [0.1, 0.15) is 22.8 Å². The van der Waals surface area contributed by atoms with Crippen LogP contribution in [0.2, 0.25) is 0 Å². The zero-order chi connectivity index (χ0) is 8.72. The molecule has 1 aliphatic carbocycles. The number of ketones is 1. The average molecular weight is 159 g/mol. The van der Waals surface area contributed by atoms with E-state index < -0.39 is 0 Å². The average Bonchev–Trinajstić information content (AvgIpc) is 2.33. The van der Waals surface area contributed by atoms with Crippen LogP contribution in [0.5, 0.6) is 0 Å². The predicted molar refractivity (Wildman–Crippen MR) is 43.4 cm³/mol. The first kappa shape index (κ1) is 7.10. The van der Waals surface area contributed by atoms with Gasteiger partial charge >= 0.3 is 0 Å². The van der Waals surface area contributed by atoms with Gasteiger partial charge in [0.15, 0.2) is 5.78 Å². The minimum Gasteiger partial charge on any atom is -0.872 e. The van der Waals surface area contributed by atoms with Crippen molar-refractivity contribution in [2.45, 2.75) is 6.92 Å². The number of Topliss-reactive ketones (excluding diaryl/α,β-unsaturated/α-hetero) is 1. The fraction of sp³-hybridized carbons (Fsp3) is 0.100. The van der Waals surface area contributed by atoms with Crippen LogP contribution in [0.4, 0.5) is 0 Å². The molecule has 0 saturated heterocycles. The van der Waals surface area contributed by atoms with E-state index in [1.807, 2.05) is 0 Å². The molecule has 2 rings (SSSR count). The lowest BCUT2D eigenvalue weighted by Gasteiger charge is -2.07. The number of rotatable bonds is 0. The van der Waals surface area contributed by atoms with Gasteiger partial charge in [0.25, 0.3) is 0 Å². The summed E-state index contributed by atoms with van der Waals surface area (Å²) in [5.74, 6) is -0.258. The van der Waals surface area contributed by atoms with E-state index in [2.05, 4.69) is 0 Å². The Labute approximate surface area is 70.2 Å². The van der Waals surface area contributed by atoms with E-state index in [9.17, 15) is 9.90 Å². The first-order valence-electron chi connectivity index (χ1n) is 3.74. The van der Waals surface area contributed by atoms with Gasteiger partial charge in [0.1, 0.15) is 0 Å². The van der Waals surface area contributed by atoms with E-state index in [0.29, 0.717) is 16.7 Å². The molecule has 0 spiro atoms. The Morgan fingerprint density at radius 1 is 1.17 bits per heavy atom. The third kappa shape index (κ3) is 0.720. The summed E-state index contributed by atoms with van der Waals surface area (Å²) < 4.78 is 0. The summed E-state index contributed by atoms with van der Waals surface area (Å²) in [6, 6.07) is 6.91. The number of carbonyl (C=O) groups excluding carboxylic acids is 1. The molecule has 0 aromatic heterocycles. The van der Waals surface area contributed by atoms with Crippen LogP contribution in [-0.4, -0.2) is 5.78 Å². The van der Waals surface area contributed by atoms with E-state index in [1.165, 1.54) is 0 Å². The van der Waals surface area contributed by atoms with Gasteiger partial charge in [-0.1, -0.05) is 30.0 Å². The molecule has 2 heteroatoms. The second-order valence-electron chi connectivity index (χ2n) is 2.83. The molecular weight excluding hydrogens is 152 g/mol. The van der Waals surface area contributed by atoms with E-state index in [0.717, 1.165) is 0 Å². The zero-order valence-electron chi connectivity index (χ0n) is 6.63. The standard InChI is InChI=1S/C10H8O2/c1-6-9(11)7-4-2-3-5-8(7)10(6)12/h2-5,11H,1H3/p-1. The summed E-state index contributed by atoms with van der Waals surface area (Å²) in [6.07, 6.45) is 0. The van der Waals surface area contributed by atoms with Crippen molar-refractivity contribution in [1.29, 1.82) is 0 Å². The summed E-state index contributed by atoms with van der Waals surface area (Å²) in [5, 5.41) is 11.3. The molecular formula is C10H7O2-. The van der Waals surface area contributed by atoms with Crippen LogP contribution in [0.25, 0.3) is 5.76 Å². The highest BCUT2D eigenvalue weighted by Gasteiger charge is 2.19. The second-order valence-corrected chi connectivity index (χ2v) is 2.83. The summed E-state index contributed by atoms with van der Waals surface area (Å²) in [5.41, 5.74) is 1.41. The van der Waals surface area contributed by atoms with Crippen LogP contribution in [0, 0.1) is 0 Å². The van der Waals surface area contributed by atoms with Crippen LogP contribution in [0.3, 0.4) is 0 Å². The Kier molecular flexibility index (Phi) is 1.30. The van der Waals surface area contributed by atoms with Gasteiger partial charge < -0.3 is 5.11 Å². The molecule has 0 saturated carbocycles. The van der Waals surface area contributed by atoms with Crippen molar-refractivity contribution in [3.05, 3.63) is 41.0 Å². The summed E-state index contributed by atoms with van der Waals surface area (Å²) in [7, 11) is 0. The van der Waals surface area contributed by atoms with E-state index in [-0.39, 0.29) is 11.5 Å². The molecule has 0 heterocycles. The molecule has 0 N–H and O–H groups in total. The van der Waals surface area contributed by atoms with Crippen LogP contribution in [-0.2, 0) is 0 Å². The highest BCUT2D eigenvalue weighted by molar-refractivity contribution is 6.18. The Hall–Kier alpha value is -1.57. The quantitative estimate of drug-likeness (QED) is 0.566. The minimum atomic E-state index is -0.129. The third-order valence-electron chi connectivity index (χ3n) is 2.10. The molecule has 1 aliphatic rings. The van der Waals surface area contributed by atoms with Crippen molar-refractivity contribution in [1.82, 2.24) is 0 Å². The molecule has 0 amide bonds. The van der Waals surface area contributed by atoms with Gasteiger partial charge in [0.2, 0.25) is 0 Å². The topological polar surface area (TPSA) is 40.1 Å². The number of hydrogen-bond acceptors (Lipinski definition) is 2. The maximum Gasteiger partial charge on any atom is 0.188 e. The molecule has 0 aliphatic heterocycles. The second kappa shape index (κ2) is 2.21. The first-order chi connectivity index (χ1) is 5.72. The number of benzene rings is 1. The van der Waals surface area contributed by atoms with Gasteiger partial charge in [0.05, 0.1) is 0 Å². The first-order valence-corrected chi connectivity index (χ1v) is 3.74. The number of allylic oxidation sites excluding steroid dienone is 1. The van der Waals surface area contributed by atoms with Crippen LogP contribution >= 0.6 is 0 Å². The Balaban J connectivity index is 2.73. The van der Waals surface area contributed by atoms with Crippen molar-refractivity contribution in [2.75, 3.05) is 0 Å². The van der Waals surface area contributed by atoms with Gasteiger partial charge in [-0.25, -0.2) is 0 Å². The summed E-state index contributed by atoms with van der Waals surface area (Å²) in [4.78, 5) is 11.3. The van der Waals surface area contributed by atoms with Crippen molar-refractivity contribution < 1.29 is 9.90 Å². The van der Waals surface area contributed by atoms with E-state index in [4.69, 9.17) is 0 Å². The normalized spacial score (nSPS) is 15.2. The van der Waals surface area contributed by atoms with Gasteiger partial charge in [-0.3, -0.25) is 4.79 Å². The largest absolute Gasteiger partial charge is 0.872 e. The molecule has 1 aromatic carbocycles. The Morgan fingerprint density at radius 3 is 2.33 bits per heavy atom. The lowest BCUT2D eigenvalue weighted by Crippen LogP contribution is -2.01. The smallest absolute Gasteiger partial charge is 0.188 e. The van der Waals surface area contributed by atoms with Gasteiger partial charge in [0, 0.05) is 5.56 Å². The molecule has 2 nitrogen and oxygen atoms in total. The number of fused-ring (bicyclic) bond motifs is 1. The fourth-order valence-electron chi connectivity index (χ4n) is 1.39. The fourth-order valence-corrected chi connectivity index (χ4v) is 1.39. The lowest BCUT2D eigenvalue weighted by molar-refractivity contribution is -0.244. The molecule has 0 fully saturated rings. The molecule has 0 radical (unpaired) electrons. The maximum atomic E-state index is 11.3. The monoisotopic (exact) mass is 159 g/mol. The highest BCUT2D eigenvalue weighted by atomic mass is 16.3. The Bertz CT molecular complexity index is 389. The highest BCUT2D eigenvalue weighted by Crippen LogP contribution is 2.27. The van der Waals surface area contributed by atoms with Crippen molar-refractivity contribution >= 4 is 11.5 Å². The third-order valence-corrected chi connectivity index (χ3v) is 2.10. The molecule has 0 unspecified atom stereocenters. The van der Waals surface area contributed by atoms with Crippen LogP contribution in [0.15, 0.2) is 29.8 Å². The molecule has 12 heavy (non-hydrogen) atoms. The van der Waals surface area contributed by atoms with Crippen molar-refractivity contribution in [3.63, 3.8) is 0 Å². The molecule has 60 valence electrons. The predicted octanol–water partition coefficient (Wildman–Crippen LogP) is 0.974. The van der Waals surface area contributed by atoms with E-state index in [1.54, 1.807) is 31.2 Å². The lowest BCUT2D eigenvalue weighted by atomic mass is 10.1. The SMILES string of the molecule is CC1=C([O-])c2ccccc2C1=O. The molecule has 0 atom stereocenters. The van der Waals surface area contributed by atoms with Gasteiger partial charge in [-0.05, 0) is 18.1 Å². The number of carbonyl (C=O) groups is 1. The van der Waals surface area contributed by atoms with Crippen molar-refractivity contribution in [3.8, 4) is 0 Å². The van der Waals surface area contributed by atoms with E-state index >= 15 is 0 Å². The summed E-state index contributed by atoms with van der Waals surface area (Å²) >= 11 is 0. The summed E-state index contributed by atoms with van der Waals surface area (Å²) in [6.45, 7) is 1.57. The Morgan fingerprint density at radius 2 is 1.75 bits per heavy atom. The molecule has 0 bridgehead atoms. The van der Waals surface area contributed by atoms with Crippen LogP contribution < -0.4 is 5.11 Å². The van der Waals surface area contributed by atoms with Gasteiger partial charge in [-0.2, -0.15) is 0 Å². The van der Waals surface area contributed by atoms with Crippen molar-refractivity contribution in [2.24, 2.45) is 0 Å². The van der Waals surface area contributed by atoms with Gasteiger partial charge in [-0.15, -0.1) is 0 Å². The molecule has 1 aromatic rings.